The molecule has 1 amide bonds. The van der Waals surface area contributed by atoms with Crippen molar-refractivity contribution in [2.24, 2.45) is 0 Å². The van der Waals surface area contributed by atoms with Crippen molar-refractivity contribution in [3.05, 3.63) is 53.5 Å². The van der Waals surface area contributed by atoms with E-state index in [-0.39, 0.29) is 11.6 Å². The third kappa shape index (κ3) is 5.18. The maximum Gasteiger partial charge on any atom is 0.277 e. The van der Waals surface area contributed by atoms with Gasteiger partial charge in [-0.1, -0.05) is 25.1 Å². The van der Waals surface area contributed by atoms with Gasteiger partial charge in [0.15, 0.2) is 11.5 Å². The maximum absolute atomic E-state index is 12.3. The second-order valence-electron chi connectivity index (χ2n) is 5.91. The number of nitrogens with zero attached hydrogens (tertiary/aromatic N) is 2. The molecule has 0 spiro atoms. The Morgan fingerprint density at radius 3 is 2.67 bits per heavy atom. The molecule has 0 saturated heterocycles. The van der Waals surface area contributed by atoms with Gasteiger partial charge < -0.3 is 19.5 Å². The average molecular weight is 385 g/mol. The highest BCUT2D eigenvalue weighted by atomic mass is 32.1. The first-order valence-electron chi connectivity index (χ1n) is 8.96. The molecule has 0 aliphatic heterocycles. The maximum atomic E-state index is 12.3. The number of benzene rings is 1. The van der Waals surface area contributed by atoms with Crippen molar-refractivity contribution in [3.8, 4) is 16.4 Å². The van der Waals surface area contributed by atoms with E-state index in [4.69, 9.17) is 9.26 Å². The van der Waals surface area contributed by atoms with E-state index in [0.717, 1.165) is 30.3 Å². The van der Waals surface area contributed by atoms with Crippen molar-refractivity contribution in [3.63, 3.8) is 0 Å². The van der Waals surface area contributed by atoms with Gasteiger partial charge in [0, 0.05) is 18.3 Å². The van der Waals surface area contributed by atoms with Gasteiger partial charge in [-0.05, 0) is 48.8 Å². The lowest BCUT2D eigenvalue weighted by atomic mass is 10.2. The second kappa shape index (κ2) is 9.34. The van der Waals surface area contributed by atoms with Crippen molar-refractivity contribution in [2.75, 3.05) is 31.6 Å². The fourth-order valence-electron chi connectivity index (χ4n) is 2.58. The van der Waals surface area contributed by atoms with E-state index in [2.05, 4.69) is 29.2 Å². The molecule has 1 aromatic carbocycles. The van der Waals surface area contributed by atoms with Crippen LogP contribution in [0.1, 0.15) is 24.3 Å². The summed E-state index contributed by atoms with van der Waals surface area (Å²) in [6.45, 7) is 7.84. The fraction of sp³-hybridized carbons (Fsp3) is 0.300. The van der Waals surface area contributed by atoms with E-state index in [0.29, 0.717) is 18.1 Å². The van der Waals surface area contributed by atoms with E-state index >= 15 is 0 Å². The van der Waals surface area contributed by atoms with Gasteiger partial charge in [-0.25, -0.2) is 0 Å². The zero-order chi connectivity index (χ0) is 19.1. The van der Waals surface area contributed by atoms with Crippen LogP contribution in [0.15, 0.2) is 52.4 Å². The molecule has 1 N–H and O–H groups in total. The number of aromatic nitrogens is 1. The van der Waals surface area contributed by atoms with Crippen molar-refractivity contribution < 1.29 is 14.1 Å². The Labute approximate surface area is 162 Å². The number of hydrogen-bond donors (Lipinski definition) is 1. The molecule has 7 heteroatoms. The largest absolute Gasteiger partial charge is 0.492 e. The summed E-state index contributed by atoms with van der Waals surface area (Å²) in [5, 5.41) is 8.61. The van der Waals surface area contributed by atoms with Crippen LogP contribution in [-0.4, -0.2) is 42.2 Å². The number of likely N-dealkylation sites (N-methyl/N-ethyl adjacent to an activating group) is 1. The first-order chi connectivity index (χ1) is 13.2. The molecule has 142 valence electrons. The van der Waals surface area contributed by atoms with Crippen LogP contribution < -0.4 is 10.1 Å². The third-order valence-electron chi connectivity index (χ3n) is 4.19. The topological polar surface area (TPSA) is 67.6 Å². The van der Waals surface area contributed by atoms with E-state index in [1.807, 2.05) is 41.8 Å². The Morgan fingerprint density at radius 2 is 2.00 bits per heavy atom. The summed E-state index contributed by atoms with van der Waals surface area (Å²) in [4.78, 5) is 15.6. The Morgan fingerprint density at radius 1 is 1.22 bits per heavy atom. The van der Waals surface area contributed by atoms with Crippen LogP contribution in [0, 0.1) is 0 Å². The van der Waals surface area contributed by atoms with E-state index in [9.17, 15) is 4.79 Å². The number of rotatable bonds is 9. The van der Waals surface area contributed by atoms with Gasteiger partial charge in [-0.2, -0.15) is 0 Å². The highest BCUT2D eigenvalue weighted by Gasteiger charge is 2.14. The molecule has 0 aliphatic carbocycles. The van der Waals surface area contributed by atoms with E-state index in [1.165, 1.54) is 11.3 Å². The summed E-state index contributed by atoms with van der Waals surface area (Å²) in [6, 6.07) is 12.8. The van der Waals surface area contributed by atoms with Crippen molar-refractivity contribution >= 4 is 22.9 Å². The summed E-state index contributed by atoms with van der Waals surface area (Å²) in [5.41, 5.74) is 0.926. The SMILES string of the molecule is CCN(CC)CCOc1ccc(NC(=O)c2cc(-c3cccs3)on2)cc1. The highest BCUT2D eigenvalue weighted by molar-refractivity contribution is 7.13. The minimum atomic E-state index is -0.309. The van der Waals surface area contributed by atoms with Crippen molar-refractivity contribution in [2.45, 2.75) is 13.8 Å². The molecule has 0 saturated carbocycles. The lowest BCUT2D eigenvalue weighted by Gasteiger charge is -2.18. The number of ether oxygens (including phenoxy) is 1. The molecule has 6 nitrogen and oxygen atoms in total. The minimum absolute atomic E-state index is 0.248. The molecule has 2 aromatic heterocycles. The minimum Gasteiger partial charge on any atom is -0.492 e. The van der Waals surface area contributed by atoms with Gasteiger partial charge in [-0.3, -0.25) is 4.79 Å². The Hall–Kier alpha value is -2.64. The Bertz CT molecular complexity index is 840. The van der Waals surface area contributed by atoms with Crippen molar-refractivity contribution in [1.82, 2.24) is 10.1 Å². The van der Waals surface area contributed by atoms with Crippen LogP contribution in [0.4, 0.5) is 5.69 Å². The quantitative estimate of drug-likeness (QED) is 0.592. The fourth-order valence-corrected chi connectivity index (χ4v) is 3.25. The number of amides is 1. The number of nitrogens with one attached hydrogen (secondary N) is 1. The molecule has 0 aliphatic rings. The summed E-state index contributed by atoms with van der Waals surface area (Å²) < 4.78 is 11.0. The number of hydrogen-bond acceptors (Lipinski definition) is 6. The first-order valence-corrected chi connectivity index (χ1v) is 9.84. The zero-order valence-electron chi connectivity index (χ0n) is 15.5. The predicted octanol–water partition coefficient (Wildman–Crippen LogP) is 4.38. The molecule has 3 rings (SSSR count). The van der Waals surface area contributed by atoms with Crippen LogP contribution in [0.25, 0.3) is 10.6 Å². The van der Waals surface area contributed by atoms with Crippen molar-refractivity contribution in [1.29, 1.82) is 0 Å². The van der Waals surface area contributed by atoms with Crippen LogP contribution in [0.2, 0.25) is 0 Å². The Kier molecular flexibility index (Phi) is 6.62. The van der Waals surface area contributed by atoms with Gasteiger partial charge >= 0.3 is 0 Å². The van der Waals surface area contributed by atoms with Gasteiger partial charge in [-0.15, -0.1) is 11.3 Å². The van der Waals surface area contributed by atoms with Gasteiger partial charge in [0.05, 0.1) is 4.88 Å². The van der Waals surface area contributed by atoms with Crippen LogP contribution in [0.5, 0.6) is 5.75 Å². The third-order valence-corrected chi connectivity index (χ3v) is 5.07. The normalized spacial score (nSPS) is 10.9. The van der Waals surface area contributed by atoms with Crippen LogP contribution in [0.3, 0.4) is 0 Å². The molecule has 3 aromatic rings. The molecule has 0 radical (unpaired) electrons. The lowest BCUT2D eigenvalue weighted by molar-refractivity contribution is 0.101. The molecule has 0 unspecified atom stereocenters. The monoisotopic (exact) mass is 385 g/mol. The summed E-state index contributed by atoms with van der Waals surface area (Å²) >= 11 is 1.54. The number of carbonyl (C=O) groups excluding carboxylic acids is 1. The molecule has 27 heavy (non-hydrogen) atoms. The lowest BCUT2D eigenvalue weighted by Crippen LogP contribution is -2.27. The average Bonchev–Trinajstić information content (AvgIpc) is 3.38. The van der Waals surface area contributed by atoms with E-state index < -0.39 is 0 Å². The molecular weight excluding hydrogens is 362 g/mol. The molecule has 0 fully saturated rings. The predicted molar refractivity (Wildman–Crippen MR) is 107 cm³/mol. The molecular formula is C20H23N3O3S. The Balaban J connectivity index is 1.53. The van der Waals surface area contributed by atoms with E-state index in [1.54, 1.807) is 6.07 Å². The number of thiophene rings is 1. The molecule has 0 bridgehead atoms. The smallest absolute Gasteiger partial charge is 0.277 e. The van der Waals surface area contributed by atoms with Gasteiger partial charge in [0.25, 0.3) is 5.91 Å². The zero-order valence-corrected chi connectivity index (χ0v) is 16.3. The summed E-state index contributed by atoms with van der Waals surface area (Å²) in [6.07, 6.45) is 0. The van der Waals surface area contributed by atoms with Gasteiger partial charge in [0.2, 0.25) is 0 Å². The standard InChI is InChI=1S/C20H23N3O3S/c1-3-23(4-2)11-12-25-16-9-7-15(8-10-16)21-20(24)17-14-18(26-22-17)19-6-5-13-27-19/h5-10,13-14H,3-4,11-12H2,1-2H3,(H,21,24). The highest BCUT2D eigenvalue weighted by Crippen LogP contribution is 2.25. The van der Waals surface area contributed by atoms with Crippen LogP contribution >= 0.6 is 11.3 Å². The number of carbonyl (C=O) groups is 1. The second-order valence-corrected chi connectivity index (χ2v) is 6.86. The summed E-state index contributed by atoms with van der Waals surface area (Å²) in [5.74, 6) is 1.06. The molecule has 0 atom stereocenters. The molecule has 2 heterocycles. The summed E-state index contributed by atoms with van der Waals surface area (Å²) in [7, 11) is 0. The first kappa shape index (κ1) is 19.1. The number of anilines is 1. The van der Waals surface area contributed by atoms with Crippen LogP contribution in [-0.2, 0) is 0 Å². The van der Waals surface area contributed by atoms with Gasteiger partial charge in [0.1, 0.15) is 12.4 Å².